The van der Waals surface area contributed by atoms with E-state index < -0.39 is 16.4 Å². The first kappa shape index (κ1) is 18.6. The molecule has 2 aromatic carbocycles. The zero-order valence-electron chi connectivity index (χ0n) is 14.2. The summed E-state index contributed by atoms with van der Waals surface area (Å²) in [5, 5.41) is 13.9. The fourth-order valence-corrected chi connectivity index (χ4v) is 2.38. The molecule has 2 rings (SSSR count). The highest BCUT2D eigenvalue weighted by Crippen LogP contribution is 2.32. The molecular weight excluding hydrogens is 332 g/mol. The number of nitrogens with zero attached hydrogens (tertiary/aromatic N) is 2. The van der Waals surface area contributed by atoms with Crippen LogP contribution in [-0.2, 0) is 13.1 Å². The second-order valence-electron chi connectivity index (χ2n) is 5.78. The van der Waals surface area contributed by atoms with E-state index in [1.54, 1.807) is 12.1 Å². The summed E-state index contributed by atoms with van der Waals surface area (Å²) < 4.78 is 32.9. The topological polar surface area (TPSA) is 67.6 Å². The molecule has 0 aliphatic rings. The molecule has 0 unspecified atom stereocenters. The van der Waals surface area contributed by atoms with Crippen molar-refractivity contribution in [3.8, 4) is 5.75 Å². The lowest BCUT2D eigenvalue weighted by atomic mass is 10.1. The molecule has 6 nitrogen and oxygen atoms in total. The Labute approximate surface area is 144 Å². The van der Waals surface area contributed by atoms with Gasteiger partial charge < -0.3 is 15.0 Å². The molecule has 0 bridgehead atoms. The smallest absolute Gasteiger partial charge is 0.327 e. The SMILES string of the molecule is COc1cc(F)c([N+](=O)[O-])c(NCc2ccc(CN(C)C)c(F)c2)c1. The third-order valence-corrected chi connectivity index (χ3v) is 3.54. The van der Waals surface area contributed by atoms with Crippen molar-refractivity contribution in [1.82, 2.24) is 4.90 Å². The van der Waals surface area contributed by atoms with Gasteiger partial charge in [-0.3, -0.25) is 10.1 Å². The van der Waals surface area contributed by atoms with Crippen molar-refractivity contribution in [2.24, 2.45) is 0 Å². The van der Waals surface area contributed by atoms with Crippen LogP contribution in [0.4, 0.5) is 20.2 Å². The summed E-state index contributed by atoms with van der Waals surface area (Å²) in [6.07, 6.45) is 0. The van der Waals surface area contributed by atoms with Gasteiger partial charge >= 0.3 is 5.69 Å². The monoisotopic (exact) mass is 351 g/mol. The van der Waals surface area contributed by atoms with Crippen LogP contribution in [0, 0.1) is 21.7 Å². The van der Waals surface area contributed by atoms with Crippen molar-refractivity contribution in [1.29, 1.82) is 0 Å². The molecule has 0 heterocycles. The van der Waals surface area contributed by atoms with E-state index in [-0.39, 0.29) is 23.8 Å². The lowest BCUT2D eigenvalue weighted by Crippen LogP contribution is -2.12. The quantitative estimate of drug-likeness (QED) is 0.610. The second-order valence-corrected chi connectivity index (χ2v) is 5.78. The number of anilines is 1. The van der Waals surface area contributed by atoms with Gasteiger partial charge in [0.2, 0.25) is 5.82 Å². The molecule has 8 heteroatoms. The van der Waals surface area contributed by atoms with Gasteiger partial charge in [0.1, 0.15) is 17.3 Å². The molecule has 0 atom stereocenters. The van der Waals surface area contributed by atoms with Gasteiger partial charge in [-0.25, -0.2) is 4.39 Å². The summed E-state index contributed by atoms with van der Waals surface area (Å²) in [4.78, 5) is 12.1. The fourth-order valence-electron chi connectivity index (χ4n) is 2.38. The van der Waals surface area contributed by atoms with Crippen LogP contribution in [-0.4, -0.2) is 31.0 Å². The summed E-state index contributed by atoms with van der Waals surface area (Å²) in [6, 6.07) is 7.01. The fraction of sp³-hybridized carbons (Fsp3) is 0.294. The first-order chi connectivity index (χ1) is 11.8. The summed E-state index contributed by atoms with van der Waals surface area (Å²) in [6.45, 7) is 0.568. The highest BCUT2D eigenvalue weighted by atomic mass is 19.1. The normalized spacial score (nSPS) is 10.8. The number of benzene rings is 2. The Morgan fingerprint density at radius 3 is 2.48 bits per heavy atom. The number of halogens is 2. The predicted molar refractivity (Wildman–Crippen MR) is 90.7 cm³/mol. The van der Waals surface area contributed by atoms with E-state index in [0.29, 0.717) is 17.7 Å². The van der Waals surface area contributed by atoms with E-state index >= 15 is 0 Å². The Bertz CT molecular complexity index is 782. The Morgan fingerprint density at radius 2 is 1.92 bits per heavy atom. The lowest BCUT2D eigenvalue weighted by Gasteiger charge is -2.13. The summed E-state index contributed by atoms with van der Waals surface area (Å²) >= 11 is 0. The standard InChI is InChI=1S/C17H19F2N3O3/c1-21(2)10-12-5-4-11(6-14(12)18)9-20-16-8-13(25-3)7-15(19)17(16)22(23)24/h4-8,20H,9-10H2,1-3H3. The minimum Gasteiger partial charge on any atom is -0.497 e. The van der Waals surface area contributed by atoms with Crippen LogP contribution in [0.25, 0.3) is 0 Å². The van der Waals surface area contributed by atoms with Gasteiger partial charge in [0.05, 0.1) is 12.0 Å². The molecule has 0 spiro atoms. The first-order valence-corrected chi connectivity index (χ1v) is 7.49. The number of ether oxygens (including phenoxy) is 1. The Kier molecular flexibility index (Phi) is 5.87. The number of rotatable bonds is 7. The maximum Gasteiger partial charge on any atom is 0.327 e. The minimum atomic E-state index is -1.00. The molecule has 0 aromatic heterocycles. The average Bonchev–Trinajstić information content (AvgIpc) is 2.53. The highest BCUT2D eigenvalue weighted by molar-refractivity contribution is 5.65. The Hall–Kier alpha value is -2.74. The number of hydrogen-bond donors (Lipinski definition) is 1. The predicted octanol–water partition coefficient (Wildman–Crippen LogP) is 3.56. The van der Waals surface area contributed by atoms with E-state index in [1.165, 1.54) is 19.2 Å². The maximum absolute atomic E-state index is 14.1. The van der Waals surface area contributed by atoms with Crippen LogP contribution < -0.4 is 10.1 Å². The van der Waals surface area contributed by atoms with Gasteiger partial charge in [0.15, 0.2) is 0 Å². The first-order valence-electron chi connectivity index (χ1n) is 7.49. The van der Waals surface area contributed by atoms with Crippen molar-refractivity contribution < 1.29 is 18.4 Å². The summed E-state index contributed by atoms with van der Waals surface area (Å²) in [7, 11) is 5.01. The second kappa shape index (κ2) is 7.89. The molecule has 25 heavy (non-hydrogen) atoms. The molecule has 0 saturated heterocycles. The Morgan fingerprint density at radius 1 is 1.20 bits per heavy atom. The van der Waals surface area contributed by atoms with Crippen LogP contribution in [0.5, 0.6) is 5.75 Å². The molecule has 0 aliphatic heterocycles. The number of hydrogen-bond acceptors (Lipinski definition) is 5. The van der Waals surface area contributed by atoms with Gasteiger partial charge in [-0.2, -0.15) is 4.39 Å². The maximum atomic E-state index is 14.1. The van der Waals surface area contributed by atoms with Gasteiger partial charge in [-0.15, -0.1) is 0 Å². The molecule has 1 N–H and O–H groups in total. The van der Waals surface area contributed by atoms with Crippen molar-refractivity contribution in [2.45, 2.75) is 13.1 Å². The zero-order chi connectivity index (χ0) is 18.6. The van der Waals surface area contributed by atoms with Crippen LogP contribution >= 0.6 is 0 Å². The van der Waals surface area contributed by atoms with Crippen LogP contribution in [0.1, 0.15) is 11.1 Å². The van der Waals surface area contributed by atoms with Crippen molar-refractivity contribution in [3.63, 3.8) is 0 Å². The molecule has 0 amide bonds. The average molecular weight is 351 g/mol. The summed E-state index contributed by atoms with van der Waals surface area (Å²) in [5.74, 6) is -1.21. The molecule has 134 valence electrons. The number of methoxy groups -OCH3 is 1. The van der Waals surface area contributed by atoms with Gasteiger partial charge in [-0.1, -0.05) is 12.1 Å². The van der Waals surface area contributed by atoms with Crippen molar-refractivity contribution >= 4 is 11.4 Å². The third-order valence-electron chi connectivity index (χ3n) is 3.54. The highest BCUT2D eigenvalue weighted by Gasteiger charge is 2.22. The molecule has 0 aliphatic carbocycles. The van der Waals surface area contributed by atoms with Crippen LogP contribution in [0.2, 0.25) is 0 Å². The van der Waals surface area contributed by atoms with Crippen molar-refractivity contribution in [2.75, 3.05) is 26.5 Å². The minimum absolute atomic E-state index is 0.0281. The molecule has 0 radical (unpaired) electrons. The lowest BCUT2D eigenvalue weighted by molar-refractivity contribution is -0.386. The van der Waals surface area contributed by atoms with Gasteiger partial charge in [-0.05, 0) is 25.7 Å². The van der Waals surface area contributed by atoms with E-state index in [1.807, 2.05) is 19.0 Å². The number of nitro groups is 1. The van der Waals surface area contributed by atoms with Crippen LogP contribution in [0.3, 0.4) is 0 Å². The van der Waals surface area contributed by atoms with E-state index in [9.17, 15) is 18.9 Å². The van der Waals surface area contributed by atoms with Gasteiger partial charge in [0, 0.05) is 30.8 Å². The molecular formula is C17H19F2N3O3. The van der Waals surface area contributed by atoms with E-state index in [2.05, 4.69) is 5.32 Å². The number of nitrogens with one attached hydrogen (secondary N) is 1. The van der Waals surface area contributed by atoms with Gasteiger partial charge in [0.25, 0.3) is 0 Å². The molecule has 0 saturated carbocycles. The molecule has 0 fully saturated rings. The van der Waals surface area contributed by atoms with E-state index in [4.69, 9.17) is 4.74 Å². The number of nitro benzene ring substituents is 1. The van der Waals surface area contributed by atoms with Crippen molar-refractivity contribution in [3.05, 3.63) is 63.2 Å². The van der Waals surface area contributed by atoms with Crippen LogP contribution in [0.15, 0.2) is 30.3 Å². The Balaban J connectivity index is 2.22. The third kappa shape index (κ3) is 4.63. The zero-order valence-corrected chi connectivity index (χ0v) is 14.2. The summed E-state index contributed by atoms with van der Waals surface area (Å²) in [5.41, 5.74) is 0.426. The largest absolute Gasteiger partial charge is 0.497 e. The van der Waals surface area contributed by atoms with E-state index in [0.717, 1.165) is 6.07 Å². The molecule has 2 aromatic rings.